The van der Waals surface area contributed by atoms with Gasteiger partial charge in [0.15, 0.2) is 0 Å². The lowest BCUT2D eigenvalue weighted by Crippen LogP contribution is -2.23. The lowest BCUT2D eigenvalue weighted by molar-refractivity contribution is 0.219. The molecule has 0 aromatic heterocycles. The number of hydrogen-bond acceptors (Lipinski definition) is 0. The van der Waals surface area contributed by atoms with Crippen molar-refractivity contribution in [1.29, 1.82) is 0 Å². The minimum Gasteiger partial charge on any atom is -0.0421 e. The molecule has 49 fully saturated rings. The van der Waals surface area contributed by atoms with Gasteiger partial charge in [-0.25, -0.2) is 0 Å². The van der Waals surface area contributed by atoms with E-state index in [-0.39, 0.29) is 0 Å². The highest BCUT2D eigenvalue weighted by molar-refractivity contribution is 6.73. The lowest BCUT2D eigenvalue weighted by atomic mass is 9.78. The summed E-state index contributed by atoms with van der Waals surface area (Å²) in [6.07, 6.45) is 3.56. The second-order valence-electron chi connectivity index (χ2n) is 37.3. The molecular weight excluding hydrogens is 613 g/mol. The maximum absolute atomic E-state index is 1.78. The van der Waals surface area contributed by atoms with Crippen LogP contribution in [0.4, 0.5) is 0 Å². The Kier molecular flexibility index (Phi) is 0.364. The van der Waals surface area contributed by atoms with Gasteiger partial charge in [0.2, 0.25) is 0 Å². The topological polar surface area (TPSA) is 0 Å². The van der Waals surface area contributed by atoms with Crippen molar-refractivity contribution >= 4 is 0 Å². The van der Waals surface area contributed by atoms with Crippen LogP contribution in [0, 0.1) is 266 Å². The van der Waals surface area contributed by atoms with E-state index in [1.807, 2.05) is 0 Å². The number of rotatable bonds is 0. The zero-order valence-electron chi connectivity index (χ0n) is 26.1. The minimum absolute atomic E-state index is 1.17. The average molecular weight is 619 g/mol. The standard InChI is InChI=1S/C51H6/c1-3-5(1)7(3)9(5)11(7)13(9)15(11)17(13)19(15)21(17)23(19)25(21)27(23)29(25)31(27)33(29)35(31)37(33)39(35)41(37)43(39)45(41)47(43)49(45)50-46-42-38-34-30-26-22-18-14-10-6-2-4(6)8(6,10)12(10,14)16(14,18)20(18,22)24(22,26)28(26,30)32(30,34)36(34,38)40(38,42)44(42,46)48(46,50)51(47,49)50/h3-4H,1-2H2. The van der Waals surface area contributed by atoms with Crippen molar-refractivity contribution < 1.29 is 0 Å². The summed E-state index contributed by atoms with van der Waals surface area (Å²) in [6, 6.07) is 0. The molecule has 0 aliphatic heterocycles. The van der Waals surface area contributed by atoms with Crippen LogP contribution in [0.5, 0.6) is 0 Å². The molecule has 49 aliphatic rings. The van der Waals surface area contributed by atoms with Gasteiger partial charge < -0.3 is 0 Å². The second-order valence-corrected chi connectivity index (χ2v) is 37.3. The summed E-state index contributed by atoms with van der Waals surface area (Å²) in [4.78, 5) is 0. The molecule has 0 saturated heterocycles. The van der Waals surface area contributed by atoms with Gasteiger partial charge in [0.05, 0.1) is 0 Å². The molecule has 0 nitrogen and oxygen atoms in total. The highest BCUT2D eigenvalue weighted by atomic mass is 16.0. The smallest absolute Gasteiger partial charge is 0 e. The Hall–Kier alpha value is 0. The molecule has 0 bridgehead atoms. The Morgan fingerprint density at radius 3 is 0.431 bits per heavy atom. The first-order valence-electron chi connectivity index (χ1n) is 25.4. The first-order chi connectivity index (χ1) is 25.4. The van der Waals surface area contributed by atoms with Crippen molar-refractivity contribution in [2.24, 2.45) is 239 Å². The van der Waals surface area contributed by atoms with Crippen molar-refractivity contribution in [2.45, 2.75) is 12.8 Å². The zero-order valence-corrected chi connectivity index (χ0v) is 26.1. The fourth-order valence-electron chi connectivity index (χ4n) is 63.9. The van der Waals surface area contributed by atoms with Gasteiger partial charge in [-0.2, -0.15) is 0 Å². The van der Waals surface area contributed by atoms with Crippen molar-refractivity contribution in [3.05, 3.63) is 27.1 Å². The molecule has 0 heterocycles. The fourth-order valence-corrected chi connectivity index (χ4v) is 63.9. The molecule has 47 spiro atoms. The van der Waals surface area contributed by atoms with Crippen LogP contribution in [0.25, 0.3) is 0 Å². The molecule has 51 heavy (non-hydrogen) atoms. The van der Waals surface area contributed by atoms with Crippen molar-refractivity contribution in [2.75, 3.05) is 0 Å². The molecule has 0 radical (unpaired) electrons. The maximum Gasteiger partial charge on any atom is 0 e. The molecule has 0 aromatic carbocycles. The normalized spacial score (nSPS) is 182. The van der Waals surface area contributed by atoms with Crippen LogP contribution in [0.3, 0.4) is 0 Å². The maximum atomic E-state index is 1.78. The molecule has 48 unspecified atom stereocenters. The van der Waals surface area contributed by atoms with Gasteiger partial charge >= 0.3 is 0 Å². The Labute approximate surface area is 278 Å². The van der Waals surface area contributed by atoms with Gasteiger partial charge in [-0.3, -0.25) is 0 Å². The Balaban J connectivity index is 0.464. The largest absolute Gasteiger partial charge is 0.0421 e. The molecule has 0 amide bonds. The fraction of sp³-hybridized carbons (Fsp3) is 1.00. The van der Waals surface area contributed by atoms with E-state index in [1.54, 1.807) is 12.8 Å². The van der Waals surface area contributed by atoms with Gasteiger partial charge in [0, 0.05) is 70.4 Å². The van der Waals surface area contributed by atoms with E-state index >= 15 is 0 Å². The van der Waals surface area contributed by atoms with E-state index in [2.05, 4.69) is 0 Å². The summed E-state index contributed by atoms with van der Waals surface area (Å²) in [5.74, 6) is 2.78. The van der Waals surface area contributed by atoms with Crippen LogP contribution in [-0.2, 0) is 0 Å². The van der Waals surface area contributed by atoms with Crippen molar-refractivity contribution in [3.63, 3.8) is 0 Å². The third kappa shape index (κ3) is 0.202. The summed E-state index contributed by atoms with van der Waals surface area (Å²) in [5, 5.41) is 0. The van der Waals surface area contributed by atoms with Crippen LogP contribution in [0.2, 0.25) is 0 Å². The Morgan fingerprint density at radius 2 is 0.294 bits per heavy atom. The first kappa shape index (κ1) is 13.0. The highest BCUT2D eigenvalue weighted by Crippen LogP contribution is 4.04. The van der Waals surface area contributed by atoms with Crippen molar-refractivity contribution in [1.82, 2.24) is 0 Å². The first-order valence-corrected chi connectivity index (χ1v) is 25.4. The van der Waals surface area contributed by atoms with E-state index < -0.39 is 0 Å². The molecule has 0 aromatic rings. The van der Waals surface area contributed by atoms with E-state index in [0.29, 0.717) is 0 Å². The molecule has 48 atom stereocenters. The minimum atomic E-state index is 1.17. The van der Waals surface area contributed by atoms with E-state index in [4.69, 9.17) is 0 Å². The summed E-state index contributed by atoms with van der Waals surface area (Å²) in [6.45, 7) is 0. The van der Waals surface area contributed by atoms with Gasteiger partial charge in [0.1, 0.15) is 0 Å². The summed E-state index contributed by atoms with van der Waals surface area (Å²) in [5.41, 5.74) is 58.1. The SMILES string of the molecule is C1C2C13C21C32C13C21C32C13C21C32C13C21C32C13C21C32C13C21C32C13C21C32C13C21C24C56C78C9%10C%11%12C%13%14C%15%16C%17%18C%19%20C%21%22C%23%24C%25%26CC%25C%26%23C%24%21C%22%19C%20%17C%18%15C%16%13C%14%11C%129C%107C85C62C314. The third-order valence-corrected chi connectivity index (χ3v) is 51.8. The van der Waals surface area contributed by atoms with Crippen LogP contribution in [0.15, 0.2) is 0 Å². The molecular formula is C51H6. The second kappa shape index (κ2) is 1.43. The number of hydrogen-bond donors (Lipinski definition) is 0. The average Bonchev–Trinajstić information content (AvgIpc) is 3.65. The Bertz CT molecular complexity index is 4430. The summed E-state index contributed by atoms with van der Waals surface area (Å²) in [7, 11) is 0. The van der Waals surface area contributed by atoms with Crippen LogP contribution in [0.1, 0.15) is 12.8 Å². The van der Waals surface area contributed by atoms with E-state index in [1.165, 1.54) is 266 Å². The van der Waals surface area contributed by atoms with E-state index in [9.17, 15) is 0 Å². The van der Waals surface area contributed by atoms with Crippen LogP contribution >= 0.6 is 0 Å². The molecule has 0 heteroatoms. The highest BCUT2D eigenvalue weighted by Gasteiger charge is 4.02. The van der Waals surface area contributed by atoms with Crippen molar-refractivity contribution in [3.8, 4) is 0 Å². The molecule has 49 rings (SSSR count). The third-order valence-electron chi connectivity index (χ3n) is 51.8. The summed E-state index contributed by atoms with van der Waals surface area (Å²) >= 11 is 0. The lowest BCUT2D eigenvalue weighted by Gasteiger charge is -2.24. The molecule has 49 aliphatic carbocycles. The van der Waals surface area contributed by atoms with Gasteiger partial charge in [-0.15, -0.1) is 0 Å². The monoisotopic (exact) mass is 618 g/mol. The molecule has 210 valence electrons. The summed E-state index contributed by atoms with van der Waals surface area (Å²) < 4.78 is 0. The predicted molar refractivity (Wildman–Crippen MR) is 135 cm³/mol. The quantitative estimate of drug-likeness (QED) is 0.386. The predicted octanol–water partition coefficient (Wildman–Crippen LogP) is 1.43. The van der Waals surface area contributed by atoms with E-state index in [0.717, 1.165) is 0 Å². The Morgan fingerprint density at radius 1 is 0.157 bits per heavy atom. The van der Waals surface area contributed by atoms with Gasteiger partial charge in [-0.05, 0) is 209 Å². The van der Waals surface area contributed by atoms with Gasteiger partial charge in [-0.1, -0.05) is 0 Å². The van der Waals surface area contributed by atoms with Crippen LogP contribution < -0.4 is 0 Å². The van der Waals surface area contributed by atoms with Gasteiger partial charge in [0.25, 0.3) is 0 Å². The molecule has 49 saturated carbocycles. The zero-order chi connectivity index (χ0) is 26.1. The van der Waals surface area contributed by atoms with Crippen LogP contribution in [-0.4, -0.2) is 0 Å². The molecule has 0 N–H and O–H groups in total.